The SMILES string of the molecule is C(=NC1CCCCC1)=NC1CCCCC1.O=P(O)(O)O.c1ccncc1.c1ccncc1.c1ccncc1. The molecule has 2 aliphatic rings. The van der Waals surface area contributed by atoms with E-state index in [2.05, 4.69) is 30.9 Å². The predicted octanol–water partition coefficient (Wildman–Crippen LogP) is 6.14. The minimum atomic E-state index is -4.64. The Bertz CT molecular complexity index is 806. The van der Waals surface area contributed by atoms with Gasteiger partial charge in [0, 0.05) is 37.2 Å². The highest BCUT2D eigenvalue weighted by Crippen LogP contribution is 2.25. The lowest BCUT2D eigenvalue weighted by molar-refractivity contribution is 0.275. The van der Waals surface area contributed by atoms with E-state index in [1.165, 1.54) is 64.2 Å². The third kappa shape index (κ3) is 24.6. The van der Waals surface area contributed by atoms with Crippen LogP contribution in [0.3, 0.4) is 0 Å². The van der Waals surface area contributed by atoms with Crippen LogP contribution in [0.1, 0.15) is 64.2 Å². The monoisotopic (exact) mass is 541 g/mol. The summed E-state index contributed by atoms with van der Waals surface area (Å²) in [6.45, 7) is 0. The molecule has 3 N–H and O–H groups in total. The molecule has 2 saturated carbocycles. The minimum absolute atomic E-state index is 0.533. The van der Waals surface area contributed by atoms with Crippen LogP contribution in [0.4, 0.5) is 0 Å². The molecule has 0 bridgehead atoms. The van der Waals surface area contributed by atoms with Gasteiger partial charge in [0.1, 0.15) is 0 Å². The molecule has 3 heterocycles. The van der Waals surface area contributed by atoms with Crippen molar-refractivity contribution in [3.63, 3.8) is 0 Å². The van der Waals surface area contributed by atoms with Crippen LogP contribution < -0.4 is 0 Å². The summed E-state index contributed by atoms with van der Waals surface area (Å²) in [7, 11) is -4.64. The number of nitrogens with zero attached hydrogens (tertiary/aromatic N) is 5. The lowest BCUT2D eigenvalue weighted by Gasteiger charge is -2.17. The van der Waals surface area contributed by atoms with Gasteiger partial charge >= 0.3 is 7.82 Å². The quantitative estimate of drug-likeness (QED) is 0.261. The second-order valence-electron chi connectivity index (χ2n) is 8.53. The van der Waals surface area contributed by atoms with Crippen molar-refractivity contribution < 1.29 is 19.2 Å². The molecule has 0 aromatic carbocycles. The first-order valence-electron chi connectivity index (χ1n) is 12.9. The molecule has 2 aliphatic carbocycles. The Morgan fingerprint density at radius 3 is 0.974 bits per heavy atom. The molecule has 0 spiro atoms. The Hall–Kier alpha value is -3.06. The van der Waals surface area contributed by atoms with Crippen molar-refractivity contribution in [3.05, 3.63) is 91.8 Å². The van der Waals surface area contributed by atoms with Crippen LogP contribution >= 0.6 is 7.82 Å². The highest BCUT2D eigenvalue weighted by Gasteiger charge is 2.12. The van der Waals surface area contributed by atoms with Crippen molar-refractivity contribution >= 4 is 13.8 Å². The summed E-state index contributed by atoms with van der Waals surface area (Å²) in [5.74, 6) is 0. The van der Waals surface area contributed by atoms with Crippen molar-refractivity contribution in [3.8, 4) is 0 Å². The van der Waals surface area contributed by atoms with E-state index in [-0.39, 0.29) is 0 Å². The highest BCUT2D eigenvalue weighted by molar-refractivity contribution is 7.45. The Morgan fingerprint density at radius 2 is 0.789 bits per heavy atom. The van der Waals surface area contributed by atoms with Crippen molar-refractivity contribution in [2.75, 3.05) is 0 Å². The summed E-state index contributed by atoms with van der Waals surface area (Å²) in [4.78, 5) is 41.8. The molecule has 0 saturated heterocycles. The fourth-order valence-electron chi connectivity index (χ4n) is 3.55. The number of aliphatic imine (C=N–C) groups is 2. The van der Waals surface area contributed by atoms with Crippen LogP contribution in [0.25, 0.3) is 0 Å². The van der Waals surface area contributed by atoms with Crippen molar-refractivity contribution in [1.29, 1.82) is 0 Å². The van der Waals surface area contributed by atoms with Gasteiger partial charge in [0.15, 0.2) is 0 Å². The summed E-state index contributed by atoms with van der Waals surface area (Å²) in [5.41, 5.74) is 0. The fraction of sp³-hybridized carbons (Fsp3) is 0.429. The minimum Gasteiger partial charge on any atom is -0.303 e. The van der Waals surface area contributed by atoms with E-state index in [0.717, 1.165) is 0 Å². The Morgan fingerprint density at radius 1 is 0.526 bits per heavy atom. The van der Waals surface area contributed by atoms with E-state index in [1.54, 1.807) is 37.2 Å². The first-order chi connectivity index (χ1) is 18.4. The fourth-order valence-corrected chi connectivity index (χ4v) is 3.55. The maximum atomic E-state index is 8.88. The Kier molecular flexibility index (Phi) is 20.0. The molecule has 38 heavy (non-hydrogen) atoms. The molecule has 0 amide bonds. The van der Waals surface area contributed by atoms with E-state index in [0.29, 0.717) is 12.1 Å². The zero-order chi connectivity index (χ0) is 27.6. The molecule has 206 valence electrons. The normalized spacial score (nSPS) is 15.0. The highest BCUT2D eigenvalue weighted by atomic mass is 31.2. The van der Waals surface area contributed by atoms with Crippen LogP contribution in [-0.4, -0.2) is 47.7 Å². The van der Waals surface area contributed by atoms with Crippen molar-refractivity contribution in [1.82, 2.24) is 15.0 Å². The topological polar surface area (TPSA) is 141 Å². The van der Waals surface area contributed by atoms with Gasteiger partial charge in [-0.15, -0.1) is 0 Å². The van der Waals surface area contributed by atoms with Crippen LogP contribution in [0.5, 0.6) is 0 Å². The van der Waals surface area contributed by atoms with Crippen LogP contribution in [0.2, 0.25) is 0 Å². The van der Waals surface area contributed by atoms with Gasteiger partial charge in [-0.3, -0.25) is 15.0 Å². The first kappa shape index (κ1) is 33.0. The maximum Gasteiger partial charge on any atom is 0.466 e. The van der Waals surface area contributed by atoms with Crippen molar-refractivity contribution in [2.24, 2.45) is 9.98 Å². The lowest BCUT2D eigenvalue weighted by atomic mass is 9.96. The van der Waals surface area contributed by atoms with E-state index in [4.69, 9.17) is 19.2 Å². The molecule has 0 unspecified atom stereocenters. The average molecular weight is 542 g/mol. The molecule has 5 rings (SSSR count). The number of pyridine rings is 3. The van der Waals surface area contributed by atoms with E-state index < -0.39 is 7.82 Å². The Balaban J connectivity index is 0.000000262. The van der Waals surface area contributed by atoms with E-state index in [1.807, 2.05) is 54.6 Å². The summed E-state index contributed by atoms with van der Waals surface area (Å²) >= 11 is 0. The molecule has 0 radical (unpaired) electrons. The molecule has 0 atom stereocenters. The van der Waals surface area contributed by atoms with Gasteiger partial charge in [-0.25, -0.2) is 14.5 Å². The second-order valence-corrected chi connectivity index (χ2v) is 9.56. The third-order valence-corrected chi connectivity index (χ3v) is 5.33. The van der Waals surface area contributed by atoms with Crippen LogP contribution in [0.15, 0.2) is 102 Å². The smallest absolute Gasteiger partial charge is 0.303 e. The number of phosphoric acid groups is 1. The molecule has 2 fully saturated rings. The number of hydrogen-bond acceptors (Lipinski definition) is 6. The van der Waals surface area contributed by atoms with Gasteiger partial charge in [0.2, 0.25) is 0 Å². The van der Waals surface area contributed by atoms with Crippen LogP contribution in [-0.2, 0) is 4.57 Å². The van der Waals surface area contributed by atoms with Crippen molar-refractivity contribution in [2.45, 2.75) is 76.3 Å². The predicted molar refractivity (Wildman–Crippen MR) is 151 cm³/mol. The summed E-state index contributed by atoms with van der Waals surface area (Å²) in [5, 5.41) is 0. The number of rotatable bonds is 2. The number of aromatic nitrogens is 3. The number of hydrogen-bond donors (Lipinski definition) is 3. The van der Waals surface area contributed by atoms with Gasteiger partial charge in [-0.1, -0.05) is 56.7 Å². The molecule has 9 nitrogen and oxygen atoms in total. The molecular formula is C28H40N5O4P. The maximum absolute atomic E-state index is 8.88. The molecule has 0 aliphatic heterocycles. The van der Waals surface area contributed by atoms with E-state index in [9.17, 15) is 0 Å². The molecular weight excluding hydrogens is 501 g/mol. The van der Waals surface area contributed by atoms with Gasteiger partial charge in [-0.2, -0.15) is 0 Å². The van der Waals surface area contributed by atoms with Gasteiger partial charge in [-0.05, 0) is 62.1 Å². The Labute approximate surface area is 226 Å². The average Bonchev–Trinajstić information content (AvgIpc) is 2.97. The third-order valence-electron chi connectivity index (χ3n) is 5.33. The lowest BCUT2D eigenvalue weighted by Crippen LogP contribution is -2.10. The summed E-state index contributed by atoms with van der Waals surface area (Å²) in [6.07, 6.45) is 23.7. The zero-order valence-electron chi connectivity index (χ0n) is 21.8. The second kappa shape index (κ2) is 23.1. The van der Waals surface area contributed by atoms with E-state index >= 15 is 0 Å². The molecule has 3 aromatic rings. The first-order valence-corrected chi connectivity index (χ1v) is 14.5. The van der Waals surface area contributed by atoms with Gasteiger partial charge in [0.05, 0.1) is 18.1 Å². The standard InChI is InChI=1S/C13H22N2.3C5H5N.H3O4P/c1-3-7-12(8-4-1)14-11-15-13-9-5-2-6-10-13;3*1-2-4-6-5-3-1;1-5(2,3)4/h12-13H,1-10H2;3*1-5H;(H3,1,2,3,4). The summed E-state index contributed by atoms with van der Waals surface area (Å²) in [6, 6.07) is 21.2. The van der Waals surface area contributed by atoms with Gasteiger partial charge < -0.3 is 14.7 Å². The van der Waals surface area contributed by atoms with Gasteiger partial charge in [0.25, 0.3) is 0 Å². The zero-order valence-corrected chi connectivity index (χ0v) is 22.7. The molecule has 10 heteroatoms. The molecule has 3 aromatic heterocycles. The van der Waals surface area contributed by atoms with Crippen LogP contribution in [0, 0.1) is 0 Å². The summed E-state index contributed by atoms with van der Waals surface area (Å²) < 4.78 is 8.88. The largest absolute Gasteiger partial charge is 0.466 e.